The van der Waals surface area contributed by atoms with Crippen LogP contribution in [0, 0.1) is 0 Å². The number of rotatable bonds is 2. The molecule has 15 heavy (non-hydrogen) atoms. The van der Waals surface area contributed by atoms with E-state index in [9.17, 15) is 13.2 Å². The number of hydrogen-bond acceptors (Lipinski definition) is 4. The second-order valence-corrected chi connectivity index (χ2v) is 3.37. The summed E-state index contributed by atoms with van der Waals surface area (Å²) in [5.74, 6) is 0.0561. The summed E-state index contributed by atoms with van der Waals surface area (Å²) < 4.78 is 34.6. The van der Waals surface area contributed by atoms with E-state index in [1.807, 2.05) is 0 Å². The van der Waals surface area contributed by atoms with Gasteiger partial charge in [-0.3, -0.25) is 5.43 Å². The first-order valence-electron chi connectivity index (χ1n) is 3.43. The molecule has 4 nitrogen and oxygen atoms in total. The molecule has 0 spiro atoms. The SMILES string of the molecule is FC(F)(F)/C(Br)=N/Nc1cnc(Cl)cn1. The van der Waals surface area contributed by atoms with Gasteiger partial charge in [-0.2, -0.15) is 18.3 Å². The van der Waals surface area contributed by atoms with E-state index in [0.29, 0.717) is 0 Å². The zero-order chi connectivity index (χ0) is 11.5. The van der Waals surface area contributed by atoms with Crippen LogP contribution in [-0.4, -0.2) is 20.8 Å². The maximum Gasteiger partial charge on any atom is 0.441 e. The highest BCUT2D eigenvalue weighted by Gasteiger charge is 2.34. The van der Waals surface area contributed by atoms with E-state index in [0.717, 1.165) is 6.20 Å². The molecule has 1 heterocycles. The molecular weight excluding hydrogens is 300 g/mol. The smallest absolute Gasteiger partial charge is 0.259 e. The Labute approximate surface area is 95.7 Å². The normalized spacial score (nSPS) is 12.7. The van der Waals surface area contributed by atoms with Crippen LogP contribution in [0.25, 0.3) is 0 Å². The summed E-state index contributed by atoms with van der Waals surface area (Å²) >= 11 is 7.68. The number of hydrogen-bond donors (Lipinski definition) is 1. The number of anilines is 1. The Kier molecular flexibility index (Phi) is 3.86. The Bertz CT molecular complexity index is 364. The van der Waals surface area contributed by atoms with Crippen molar-refractivity contribution in [2.24, 2.45) is 5.10 Å². The summed E-state index contributed by atoms with van der Waals surface area (Å²) in [6.45, 7) is 0. The van der Waals surface area contributed by atoms with Gasteiger partial charge in [0.25, 0.3) is 0 Å². The van der Waals surface area contributed by atoms with Crippen molar-refractivity contribution in [2.75, 3.05) is 5.43 Å². The predicted octanol–water partition coefficient (Wildman–Crippen LogP) is 2.81. The molecule has 9 heteroatoms. The fraction of sp³-hybridized carbons (Fsp3) is 0.167. The molecule has 82 valence electrons. The molecule has 0 radical (unpaired) electrons. The van der Waals surface area contributed by atoms with Gasteiger partial charge in [-0.25, -0.2) is 9.97 Å². The van der Waals surface area contributed by atoms with Crippen molar-refractivity contribution in [3.05, 3.63) is 17.5 Å². The molecule has 0 amide bonds. The van der Waals surface area contributed by atoms with Crippen molar-refractivity contribution in [2.45, 2.75) is 6.18 Å². The minimum absolute atomic E-state index is 0.0561. The van der Waals surface area contributed by atoms with Crippen LogP contribution in [0.3, 0.4) is 0 Å². The highest BCUT2D eigenvalue weighted by Crippen LogP contribution is 2.21. The van der Waals surface area contributed by atoms with E-state index in [-0.39, 0.29) is 11.0 Å². The lowest BCUT2D eigenvalue weighted by Crippen LogP contribution is -2.18. The van der Waals surface area contributed by atoms with Crippen LogP contribution in [0.2, 0.25) is 5.15 Å². The van der Waals surface area contributed by atoms with Gasteiger partial charge in [-0.05, 0) is 15.9 Å². The van der Waals surface area contributed by atoms with Crippen LogP contribution >= 0.6 is 27.5 Å². The summed E-state index contributed by atoms with van der Waals surface area (Å²) in [6.07, 6.45) is -2.20. The van der Waals surface area contributed by atoms with Crippen molar-refractivity contribution in [1.82, 2.24) is 9.97 Å². The minimum Gasteiger partial charge on any atom is -0.259 e. The summed E-state index contributed by atoms with van der Waals surface area (Å²) in [5, 5.41) is 3.15. The van der Waals surface area contributed by atoms with Crippen LogP contribution in [-0.2, 0) is 0 Å². The Morgan fingerprint density at radius 1 is 1.40 bits per heavy atom. The summed E-state index contributed by atoms with van der Waals surface area (Å²) in [4.78, 5) is 7.23. The maximum atomic E-state index is 11.9. The van der Waals surface area contributed by atoms with E-state index in [1.54, 1.807) is 0 Å². The first kappa shape index (κ1) is 12.2. The largest absolute Gasteiger partial charge is 0.441 e. The second-order valence-electron chi connectivity index (χ2n) is 2.24. The Morgan fingerprint density at radius 3 is 2.53 bits per heavy atom. The molecule has 0 bridgehead atoms. The topological polar surface area (TPSA) is 50.2 Å². The molecule has 0 aliphatic heterocycles. The number of hydrazone groups is 1. The number of nitrogens with zero attached hydrogens (tertiary/aromatic N) is 3. The molecule has 0 aromatic carbocycles. The standard InChI is InChI=1S/C6H3BrClF3N4/c7-5(6(9,10)11)15-14-4-2-12-3(8)1-13-4/h1-2H,(H,13,14)/b15-5-. The Hall–Kier alpha value is -0.890. The lowest BCUT2D eigenvalue weighted by molar-refractivity contribution is -0.0551. The third kappa shape index (κ3) is 4.00. The first-order valence-corrected chi connectivity index (χ1v) is 4.60. The summed E-state index contributed by atoms with van der Waals surface area (Å²) in [6, 6.07) is 0. The Morgan fingerprint density at radius 2 is 2.07 bits per heavy atom. The minimum atomic E-state index is -4.53. The van der Waals surface area contributed by atoms with Gasteiger partial charge in [0.15, 0.2) is 5.82 Å². The second kappa shape index (κ2) is 4.75. The molecule has 1 aromatic rings. The molecule has 0 atom stereocenters. The summed E-state index contributed by atoms with van der Waals surface area (Å²) in [5.41, 5.74) is 2.07. The van der Waals surface area contributed by atoms with Gasteiger partial charge in [0, 0.05) is 0 Å². The molecule has 1 rings (SSSR count). The maximum absolute atomic E-state index is 11.9. The lowest BCUT2D eigenvalue weighted by Gasteiger charge is -2.03. The predicted molar refractivity (Wildman–Crippen MR) is 53.1 cm³/mol. The number of alkyl halides is 3. The lowest BCUT2D eigenvalue weighted by atomic mass is 10.7. The van der Waals surface area contributed by atoms with Gasteiger partial charge in [-0.15, -0.1) is 0 Å². The third-order valence-corrected chi connectivity index (χ3v) is 1.94. The zero-order valence-corrected chi connectivity index (χ0v) is 9.23. The van der Waals surface area contributed by atoms with Crippen molar-refractivity contribution in [3.8, 4) is 0 Å². The van der Waals surface area contributed by atoms with E-state index >= 15 is 0 Å². The fourth-order valence-electron chi connectivity index (χ4n) is 0.540. The molecule has 1 aromatic heterocycles. The van der Waals surface area contributed by atoms with E-state index in [4.69, 9.17) is 11.6 Å². The van der Waals surface area contributed by atoms with Gasteiger partial charge in [0.1, 0.15) is 5.15 Å². The molecule has 0 aliphatic rings. The number of aromatic nitrogens is 2. The molecular formula is C6H3BrClF3N4. The monoisotopic (exact) mass is 302 g/mol. The van der Waals surface area contributed by atoms with Crippen molar-refractivity contribution >= 4 is 38.0 Å². The third-order valence-electron chi connectivity index (χ3n) is 1.12. The molecule has 0 aliphatic carbocycles. The Balaban J connectivity index is 2.68. The fourth-order valence-corrected chi connectivity index (χ4v) is 0.726. The quantitative estimate of drug-likeness (QED) is 0.675. The van der Waals surface area contributed by atoms with Crippen LogP contribution in [0.5, 0.6) is 0 Å². The van der Waals surface area contributed by atoms with Gasteiger partial charge in [0.2, 0.25) is 4.62 Å². The summed E-state index contributed by atoms with van der Waals surface area (Å²) in [7, 11) is 0. The van der Waals surface area contributed by atoms with Crippen molar-refractivity contribution in [1.29, 1.82) is 0 Å². The molecule has 0 unspecified atom stereocenters. The molecule has 0 saturated carbocycles. The molecule has 0 fully saturated rings. The average Bonchev–Trinajstić information content (AvgIpc) is 2.15. The zero-order valence-electron chi connectivity index (χ0n) is 6.89. The van der Waals surface area contributed by atoms with Crippen molar-refractivity contribution in [3.63, 3.8) is 0 Å². The van der Waals surface area contributed by atoms with Gasteiger partial charge in [-0.1, -0.05) is 11.6 Å². The first-order chi connectivity index (χ1) is 6.89. The van der Waals surface area contributed by atoms with Crippen LogP contribution in [0.1, 0.15) is 0 Å². The molecule has 1 N–H and O–H groups in total. The highest BCUT2D eigenvalue weighted by molar-refractivity contribution is 9.18. The van der Waals surface area contributed by atoms with Gasteiger partial charge < -0.3 is 0 Å². The van der Waals surface area contributed by atoms with Crippen LogP contribution in [0.4, 0.5) is 19.0 Å². The van der Waals surface area contributed by atoms with E-state index < -0.39 is 10.8 Å². The number of halogens is 5. The number of nitrogens with one attached hydrogen (secondary N) is 1. The van der Waals surface area contributed by atoms with Crippen molar-refractivity contribution < 1.29 is 13.2 Å². The van der Waals surface area contributed by atoms with Crippen LogP contribution < -0.4 is 5.43 Å². The van der Waals surface area contributed by atoms with Gasteiger partial charge >= 0.3 is 6.18 Å². The highest BCUT2D eigenvalue weighted by atomic mass is 79.9. The van der Waals surface area contributed by atoms with Gasteiger partial charge in [0.05, 0.1) is 12.4 Å². The van der Waals surface area contributed by atoms with E-state index in [1.165, 1.54) is 6.20 Å². The average molecular weight is 303 g/mol. The van der Waals surface area contributed by atoms with Crippen LogP contribution in [0.15, 0.2) is 17.5 Å². The van der Waals surface area contributed by atoms with E-state index in [2.05, 4.69) is 36.4 Å². The molecule has 0 saturated heterocycles.